The summed E-state index contributed by atoms with van der Waals surface area (Å²) in [5.74, 6) is 0.481. The van der Waals surface area contributed by atoms with Gasteiger partial charge in [0.25, 0.3) is 0 Å². The number of halogens is 3. The SMILES string of the molecule is Cc1cc([B-](F)(F)F)ccc1OCC1CN(C(C)C)CCO1. The van der Waals surface area contributed by atoms with Crippen molar-refractivity contribution in [2.45, 2.75) is 32.9 Å². The molecule has 1 aliphatic rings. The van der Waals surface area contributed by atoms with E-state index in [0.717, 1.165) is 25.2 Å². The second-order valence-electron chi connectivity index (χ2n) is 5.99. The molecular formula is C15H22BF3NO2-. The first-order chi connectivity index (χ1) is 10.3. The summed E-state index contributed by atoms with van der Waals surface area (Å²) in [5.41, 5.74) is -0.0991. The highest BCUT2D eigenvalue weighted by molar-refractivity contribution is 6.73. The van der Waals surface area contributed by atoms with Crippen LogP contribution in [0.3, 0.4) is 0 Å². The van der Waals surface area contributed by atoms with Crippen LogP contribution in [0.5, 0.6) is 5.75 Å². The van der Waals surface area contributed by atoms with E-state index in [2.05, 4.69) is 18.7 Å². The number of hydrogen-bond acceptors (Lipinski definition) is 3. The number of benzene rings is 1. The summed E-state index contributed by atoms with van der Waals surface area (Å²) in [6.45, 7) is 3.60. The molecule has 0 spiro atoms. The third kappa shape index (κ3) is 4.40. The quantitative estimate of drug-likeness (QED) is 0.779. The summed E-state index contributed by atoms with van der Waals surface area (Å²) in [5, 5.41) is 0. The van der Waals surface area contributed by atoms with E-state index in [1.54, 1.807) is 6.92 Å². The van der Waals surface area contributed by atoms with Crippen molar-refractivity contribution in [3.8, 4) is 5.75 Å². The van der Waals surface area contributed by atoms with E-state index in [1.165, 1.54) is 6.07 Å². The van der Waals surface area contributed by atoms with Gasteiger partial charge >= 0.3 is 6.98 Å². The molecule has 1 heterocycles. The first-order valence-electron chi connectivity index (χ1n) is 7.56. The van der Waals surface area contributed by atoms with E-state index in [0.29, 0.717) is 30.6 Å². The minimum Gasteiger partial charge on any atom is -0.491 e. The van der Waals surface area contributed by atoms with Gasteiger partial charge < -0.3 is 22.4 Å². The second-order valence-corrected chi connectivity index (χ2v) is 5.99. The average molecular weight is 316 g/mol. The van der Waals surface area contributed by atoms with Crippen molar-refractivity contribution in [1.29, 1.82) is 0 Å². The summed E-state index contributed by atoms with van der Waals surface area (Å²) in [6.07, 6.45) is -0.0536. The third-order valence-corrected chi connectivity index (χ3v) is 3.90. The van der Waals surface area contributed by atoms with Crippen LogP contribution in [0.2, 0.25) is 0 Å². The highest BCUT2D eigenvalue weighted by Gasteiger charge is 2.26. The molecule has 1 fully saturated rings. The van der Waals surface area contributed by atoms with E-state index in [9.17, 15) is 12.9 Å². The second kappa shape index (κ2) is 6.92. The lowest BCUT2D eigenvalue weighted by Crippen LogP contribution is -2.47. The Labute approximate surface area is 129 Å². The van der Waals surface area contributed by atoms with Crippen molar-refractivity contribution >= 4 is 12.4 Å². The maximum atomic E-state index is 12.7. The largest absolute Gasteiger partial charge is 0.509 e. The van der Waals surface area contributed by atoms with Gasteiger partial charge in [-0.3, -0.25) is 4.90 Å². The molecule has 1 aliphatic heterocycles. The van der Waals surface area contributed by atoms with E-state index < -0.39 is 12.4 Å². The first-order valence-corrected chi connectivity index (χ1v) is 7.56. The Kier molecular flexibility index (Phi) is 5.39. The number of hydrogen-bond donors (Lipinski definition) is 0. The third-order valence-electron chi connectivity index (χ3n) is 3.90. The molecule has 1 saturated heterocycles. The summed E-state index contributed by atoms with van der Waals surface area (Å²) >= 11 is 0. The lowest BCUT2D eigenvalue weighted by molar-refractivity contribution is -0.0565. The molecule has 3 nitrogen and oxygen atoms in total. The predicted molar refractivity (Wildman–Crippen MR) is 81.8 cm³/mol. The van der Waals surface area contributed by atoms with Crippen molar-refractivity contribution in [2.75, 3.05) is 26.3 Å². The monoisotopic (exact) mass is 316 g/mol. The van der Waals surface area contributed by atoms with Crippen LogP contribution in [0.1, 0.15) is 19.4 Å². The number of aryl methyl sites for hydroxylation is 1. The van der Waals surface area contributed by atoms with Crippen LogP contribution in [0.4, 0.5) is 12.9 Å². The smallest absolute Gasteiger partial charge is 0.491 e. The van der Waals surface area contributed by atoms with Crippen LogP contribution >= 0.6 is 0 Å². The van der Waals surface area contributed by atoms with E-state index in [1.807, 2.05) is 0 Å². The van der Waals surface area contributed by atoms with Crippen LogP contribution in [-0.4, -0.2) is 50.3 Å². The molecule has 0 amide bonds. The molecule has 1 aromatic rings. The van der Waals surface area contributed by atoms with Crippen molar-refractivity contribution < 1.29 is 22.4 Å². The number of nitrogens with zero attached hydrogens (tertiary/aromatic N) is 1. The van der Waals surface area contributed by atoms with Gasteiger partial charge in [0.2, 0.25) is 0 Å². The summed E-state index contributed by atoms with van der Waals surface area (Å²) in [7, 11) is 0. The van der Waals surface area contributed by atoms with Gasteiger partial charge in [0.15, 0.2) is 0 Å². The van der Waals surface area contributed by atoms with Gasteiger partial charge in [-0.2, -0.15) is 0 Å². The van der Waals surface area contributed by atoms with Crippen LogP contribution in [-0.2, 0) is 4.74 Å². The van der Waals surface area contributed by atoms with Gasteiger partial charge in [0, 0.05) is 19.1 Å². The molecule has 22 heavy (non-hydrogen) atoms. The maximum absolute atomic E-state index is 12.7. The first kappa shape index (κ1) is 17.2. The molecule has 0 aromatic heterocycles. The maximum Gasteiger partial charge on any atom is 0.509 e. The fraction of sp³-hybridized carbons (Fsp3) is 0.600. The van der Waals surface area contributed by atoms with Crippen molar-refractivity contribution in [2.24, 2.45) is 0 Å². The van der Waals surface area contributed by atoms with Gasteiger partial charge in [0.1, 0.15) is 18.5 Å². The molecule has 0 N–H and O–H groups in total. The van der Waals surface area contributed by atoms with Crippen molar-refractivity contribution in [1.82, 2.24) is 4.90 Å². The molecule has 124 valence electrons. The van der Waals surface area contributed by atoms with Crippen LogP contribution < -0.4 is 10.2 Å². The average Bonchev–Trinajstić information content (AvgIpc) is 2.45. The Balaban J connectivity index is 1.94. The zero-order valence-electron chi connectivity index (χ0n) is 13.2. The lowest BCUT2D eigenvalue weighted by Gasteiger charge is -2.35. The molecular weight excluding hydrogens is 294 g/mol. The Morgan fingerprint density at radius 2 is 2.09 bits per heavy atom. The Hall–Kier alpha value is -1.21. The van der Waals surface area contributed by atoms with Gasteiger partial charge in [-0.15, -0.1) is 5.46 Å². The van der Waals surface area contributed by atoms with Crippen molar-refractivity contribution in [3.63, 3.8) is 0 Å². The van der Waals surface area contributed by atoms with E-state index in [4.69, 9.17) is 9.47 Å². The summed E-state index contributed by atoms with van der Waals surface area (Å²) in [4.78, 5) is 2.31. The zero-order chi connectivity index (χ0) is 16.3. The fourth-order valence-corrected chi connectivity index (χ4v) is 2.53. The van der Waals surface area contributed by atoms with Crippen LogP contribution in [0, 0.1) is 6.92 Å². The Morgan fingerprint density at radius 1 is 1.36 bits per heavy atom. The number of rotatable bonds is 5. The molecule has 1 unspecified atom stereocenters. The van der Waals surface area contributed by atoms with Crippen LogP contribution in [0.15, 0.2) is 18.2 Å². The van der Waals surface area contributed by atoms with Gasteiger partial charge in [0.05, 0.1) is 6.61 Å². The van der Waals surface area contributed by atoms with Crippen LogP contribution in [0.25, 0.3) is 0 Å². The van der Waals surface area contributed by atoms with Gasteiger partial charge in [-0.25, -0.2) is 0 Å². The molecule has 0 bridgehead atoms. The Bertz CT molecular complexity index is 508. The van der Waals surface area contributed by atoms with Crippen molar-refractivity contribution in [3.05, 3.63) is 23.8 Å². The molecule has 0 aliphatic carbocycles. The molecule has 1 aromatic carbocycles. The molecule has 7 heteroatoms. The standard InChI is InChI=1S/C15H22BF3NO2/c1-11(2)20-6-7-21-14(9-20)10-22-15-5-4-13(8-12(15)3)16(17,18)19/h4-5,8,11,14H,6-7,9-10H2,1-3H3/q-1. The van der Waals surface area contributed by atoms with E-state index in [-0.39, 0.29) is 6.10 Å². The number of morpholine rings is 1. The lowest BCUT2D eigenvalue weighted by atomic mass is 9.79. The summed E-state index contributed by atoms with van der Waals surface area (Å²) in [6, 6.07) is 4.05. The fourth-order valence-electron chi connectivity index (χ4n) is 2.53. The minimum absolute atomic E-state index is 0.0536. The van der Waals surface area contributed by atoms with E-state index >= 15 is 0 Å². The molecule has 0 saturated carbocycles. The minimum atomic E-state index is -4.97. The molecule has 0 radical (unpaired) electrons. The number of ether oxygens (including phenoxy) is 2. The normalized spacial score (nSPS) is 20.4. The van der Waals surface area contributed by atoms with Gasteiger partial charge in [-0.05, 0) is 32.4 Å². The highest BCUT2D eigenvalue weighted by Crippen LogP contribution is 2.20. The highest BCUT2D eigenvalue weighted by atomic mass is 19.4. The Morgan fingerprint density at radius 3 is 2.68 bits per heavy atom. The topological polar surface area (TPSA) is 21.7 Å². The molecule has 2 rings (SSSR count). The zero-order valence-corrected chi connectivity index (χ0v) is 13.2. The summed E-state index contributed by atoms with van der Waals surface area (Å²) < 4.78 is 49.4. The van der Waals surface area contributed by atoms with Gasteiger partial charge in [-0.1, -0.05) is 12.1 Å². The predicted octanol–water partition coefficient (Wildman–Crippen LogP) is 2.54. The molecule has 1 atom stereocenters.